The van der Waals surface area contributed by atoms with Crippen LogP contribution in [0.15, 0.2) is 83.3 Å². The van der Waals surface area contributed by atoms with Gasteiger partial charge >= 0.3 is 0 Å². The summed E-state index contributed by atoms with van der Waals surface area (Å²) >= 11 is 5.54. The summed E-state index contributed by atoms with van der Waals surface area (Å²) < 4.78 is 3.85. The maximum absolute atomic E-state index is 3.66. The van der Waals surface area contributed by atoms with Crippen molar-refractivity contribution in [1.29, 1.82) is 0 Å². The lowest BCUT2D eigenvalue weighted by Gasteiger charge is -2.21. The van der Waals surface area contributed by atoms with E-state index >= 15 is 0 Å². The molecule has 4 aromatic carbocycles. The zero-order valence-electron chi connectivity index (χ0n) is 16.3. The van der Waals surface area contributed by atoms with Gasteiger partial charge in [0.05, 0.1) is 0 Å². The molecule has 0 atom stereocenters. The minimum absolute atomic E-state index is 0.0219. The molecule has 0 unspecified atom stereocenters. The van der Waals surface area contributed by atoms with Gasteiger partial charge < -0.3 is 0 Å². The predicted octanol–water partition coefficient (Wildman–Crippen LogP) is 8.79. The lowest BCUT2D eigenvalue weighted by molar-refractivity contribution is 0.660. The van der Waals surface area contributed by atoms with Crippen molar-refractivity contribution < 1.29 is 0 Å². The van der Waals surface area contributed by atoms with Crippen LogP contribution in [-0.2, 0) is 5.41 Å². The molecular formula is C27H19BrS. The number of thiophene rings is 1. The Morgan fingerprint density at radius 3 is 2.41 bits per heavy atom. The Labute approximate surface area is 183 Å². The van der Waals surface area contributed by atoms with Crippen molar-refractivity contribution in [2.24, 2.45) is 0 Å². The summed E-state index contributed by atoms with van der Waals surface area (Å²) in [6.45, 7) is 4.66. The van der Waals surface area contributed by atoms with Crippen molar-refractivity contribution in [3.63, 3.8) is 0 Å². The van der Waals surface area contributed by atoms with Gasteiger partial charge in [0, 0.05) is 30.1 Å². The van der Waals surface area contributed by atoms with Gasteiger partial charge in [-0.15, -0.1) is 11.3 Å². The van der Waals surface area contributed by atoms with Crippen LogP contribution in [0, 0.1) is 0 Å². The normalized spacial score (nSPS) is 14.3. The highest BCUT2D eigenvalue weighted by atomic mass is 79.9. The van der Waals surface area contributed by atoms with Gasteiger partial charge in [-0.1, -0.05) is 78.3 Å². The molecule has 0 aliphatic heterocycles. The Bertz CT molecular complexity index is 1440. The third kappa shape index (κ3) is 2.43. The minimum Gasteiger partial charge on any atom is -0.135 e. The van der Waals surface area contributed by atoms with Crippen LogP contribution < -0.4 is 0 Å². The number of hydrogen-bond donors (Lipinski definition) is 0. The molecule has 0 spiro atoms. The summed E-state index contributed by atoms with van der Waals surface area (Å²) in [5, 5.41) is 2.73. The van der Waals surface area contributed by atoms with E-state index in [4.69, 9.17) is 0 Å². The monoisotopic (exact) mass is 454 g/mol. The second-order valence-electron chi connectivity index (χ2n) is 8.35. The number of fused-ring (bicyclic) bond motifs is 6. The molecule has 6 rings (SSSR count). The quantitative estimate of drug-likeness (QED) is 0.237. The average Bonchev–Trinajstić information content (AvgIpc) is 3.21. The van der Waals surface area contributed by atoms with E-state index in [1.165, 1.54) is 53.6 Å². The van der Waals surface area contributed by atoms with Crippen molar-refractivity contribution in [2.75, 3.05) is 0 Å². The Hall–Kier alpha value is -2.42. The molecule has 0 amide bonds. The van der Waals surface area contributed by atoms with Gasteiger partial charge in [0.2, 0.25) is 0 Å². The summed E-state index contributed by atoms with van der Waals surface area (Å²) in [6, 6.07) is 29.2. The number of rotatable bonds is 1. The second-order valence-corrected chi connectivity index (χ2v) is 10.4. The molecule has 0 saturated heterocycles. The first-order valence-electron chi connectivity index (χ1n) is 9.89. The number of halogens is 1. The average molecular weight is 455 g/mol. The summed E-state index contributed by atoms with van der Waals surface area (Å²) in [5.74, 6) is 0. The first-order chi connectivity index (χ1) is 14.0. The molecule has 140 valence electrons. The van der Waals surface area contributed by atoms with Crippen LogP contribution in [0.25, 0.3) is 42.4 Å². The summed E-state index contributed by atoms with van der Waals surface area (Å²) in [4.78, 5) is 0. The van der Waals surface area contributed by atoms with E-state index in [0.29, 0.717) is 0 Å². The maximum atomic E-state index is 3.66. The third-order valence-electron chi connectivity index (χ3n) is 6.35. The second kappa shape index (κ2) is 6.04. The van der Waals surface area contributed by atoms with Gasteiger partial charge in [0.1, 0.15) is 0 Å². The highest BCUT2D eigenvalue weighted by Gasteiger charge is 2.35. The summed E-state index contributed by atoms with van der Waals surface area (Å²) in [5.41, 5.74) is 8.18. The predicted molar refractivity (Wildman–Crippen MR) is 130 cm³/mol. The molecule has 1 aliphatic carbocycles. The van der Waals surface area contributed by atoms with Crippen LogP contribution >= 0.6 is 27.3 Å². The Kier molecular flexibility index (Phi) is 3.63. The van der Waals surface area contributed by atoms with Crippen LogP contribution in [0.5, 0.6) is 0 Å². The fourth-order valence-electron chi connectivity index (χ4n) is 4.91. The minimum atomic E-state index is 0.0219. The molecule has 0 fully saturated rings. The first kappa shape index (κ1) is 17.4. The Morgan fingerprint density at radius 1 is 0.690 bits per heavy atom. The van der Waals surface area contributed by atoms with E-state index in [0.717, 1.165) is 4.47 Å². The van der Waals surface area contributed by atoms with E-state index in [9.17, 15) is 0 Å². The highest BCUT2D eigenvalue weighted by Crippen LogP contribution is 2.51. The van der Waals surface area contributed by atoms with Crippen molar-refractivity contribution in [1.82, 2.24) is 0 Å². The van der Waals surface area contributed by atoms with Crippen molar-refractivity contribution in [2.45, 2.75) is 19.3 Å². The van der Waals surface area contributed by atoms with Gasteiger partial charge in [-0.3, -0.25) is 0 Å². The molecule has 2 heteroatoms. The van der Waals surface area contributed by atoms with Crippen molar-refractivity contribution in [3.8, 4) is 22.3 Å². The van der Waals surface area contributed by atoms with Crippen LogP contribution in [0.4, 0.5) is 0 Å². The molecule has 1 aliphatic rings. The maximum Gasteiger partial charge on any atom is 0.0361 e. The van der Waals surface area contributed by atoms with E-state index in [1.54, 1.807) is 0 Å². The van der Waals surface area contributed by atoms with E-state index in [-0.39, 0.29) is 5.41 Å². The molecule has 5 aromatic rings. The van der Waals surface area contributed by atoms with Crippen molar-refractivity contribution >= 4 is 47.4 Å². The fraction of sp³-hybridized carbons (Fsp3) is 0.111. The topological polar surface area (TPSA) is 0 Å². The lowest BCUT2D eigenvalue weighted by Crippen LogP contribution is -2.14. The largest absolute Gasteiger partial charge is 0.135 e. The molecule has 1 aromatic heterocycles. The SMILES string of the molecule is CC1(C)c2ccc(-c3cccc4sc5ccccc5c34)cc2-c2ccc(Br)cc21. The Morgan fingerprint density at radius 2 is 1.52 bits per heavy atom. The molecule has 0 saturated carbocycles. The third-order valence-corrected chi connectivity index (χ3v) is 7.98. The van der Waals surface area contributed by atoms with Gasteiger partial charge in [-0.2, -0.15) is 0 Å². The number of hydrogen-bond acceptors (Lipinski definition) is 1. The number of benzene rings is 4. The molecule has 0 bridgehead atoms. The molecule has 0 radical (unpaired) electrons. The van der Waals surface area contributed by atoms with Crippen molar-refractivity contribution in [3.05, 3.63) is 94.5 Å². The molecule has 0 nitrogen and oxygen atoms in total. The van der Waals surface area contributed by atoms with Crippen LogP contribution in [0.2, 0.25) is 0 Å². The summed E-state index contributed by atoms with van der Waals surface area (Å²) in [6.07, 6.45) is 0. The first-order valence-corrected chi connectivity index (χ1v) is 11.5. The van der Waals surface area contributed by atoms with Crippen LogP contribution in [0.3, 0.4) is 0 Å². The van der Waals surface area contributed by atoms with Gasteiger partial charge in [0.25, 0.3) is 0 Å². The lowest BCUT2D eigenvalue weighted by atomic mass is 9.82. The Balaban J connectivity index is 1.64. The van der Waals surface area contributed by atoms with E-state index < -0.39 is 0 Å². The zero-order valence-corrected chi connectivity index (χ0v) is 18.7. The standard InChI is InChI=1S/C27H19BrS/c1-27(2)22-13-10-16(14-21(22)19-12-11-17(28)15-23(19)27)18-7-5-9-25-26(18)20-6-3-4-8-24(20)29-25/h3-15H,1-2H3. The van der Waals surface area contributed by atoms with E-state index in [2.05, 4.69) is 109 Å². The molecule has 1 heterocycles. The zero-order chi connectivity index (χ0) is 19.8. The van der Waals surface area contributed by atoms with Gasteiger partial charge in [-0.05, 0) is 63.7 Å². The van der Waals surface area contributed by atoms with Gasteiger partial charge in [0.15, 0.2) is 0 Å². The van der Waals surface area contributed by atoms with Gasteiger partial charge in [-0.25, -0.2) is 0 Å². The summed E-state index contributed by atoms with van der Waals surface area (Å²) in [7, 11) is 0. The van der Waals surface area contributed by atoms with E-state index in [1.807, 2.05) is 11.3 Å². The molecule has 0 N–H and O–H groups in total. The fourth-order valence-corrected chi connectivity index (χ4v) is 6.40. The highest BCUT2D eigenvalue weighted by molar-refractivity contribution is 9.10. The molecule has 29 heavy (non-hydrogen) atoms. The van der Waals surface area contributed by atoms with Crippen LogP contribution in [0.1, 0.15) is 25.0 Å². The smallest absolute Gasteiger partial charge is 0.0361 e. The molecular weight excluding hydrogens is 436 g/mol. The van der Waals surface area contributed by atoms with Crippen LogP contribution in [-0.4, -0.2) is 0 Å².